The molecule has 5 heteroatoms. The van der Waals surface area contributed by atoms with Gasteiger partial charge in [-0.15, -0.1) is 0 Å². The molecule has 2 atom stereocenters. The van der Waals surface area contributed by atoms with Gasteiger partial charge in [-0.2, -0.15) is 0 Å². The zero-order chi connectivity index (χ0) is 20.6. The summed E-state index contributed by atoms with van der Waals surface area (Å²) >= 11 is 0. The first kappa shape index (κ1) is 19.3. The molecule has 3 heterocycles. The van der Waals surface area contributed by atoms with Crippen molar-refractivity contribution in [2.24, 2.45) is 5.92 Å². The van der Waals surface area contributed by atoms with Gasteiger partial charge in [-0.25, -0.2) is 0 Å². The molecule has 1 spiro atoms. The van der Waals surface area contributed by atoms with E-state index in [-0.39, 0.29) is 23.8 Å². The molecule has 156 valence electrons. The quantitative estimate of drug-likeness (QED) is 0.848. The van der Waals surface area contributed by atoms with E-state index in [0.29, 0.717) is 26.2 Å². The predicted molar refractivity (Wildman–Crippen MR) is 115 cm³/mol. The zero-order valence-corrected chi connectivity index (χ0v) is 17.2. The number of likely N-dealkylation sites (tertiary alicyclic amines) is 1. The fourth-order valence-corrected chi connectivity index (χ4v) is 5.59. The average molecular weight is 405 g/mol. The monoisotopic (exact) mass is 404 g/mol. The third kappa shape index (κ3) is 3.12. The van der Waals surface area contributed by atoms with E-state index in [9.17, 15) is 9.59 Å². The van der Waals surface area contributed by atoms with Crippen LogP contribution in [0.1, 0.15) is 36.8 Å². The number of anilines is 1. The van der Waals surface area contributed by atoms with Crippen molar-refractivity contribution in [3.05, 3.63) is 65.7 Å². The second-order valence-corrected chi connectivity index (χ2v) is 8.68. The molecule has 0 aromatic heterocycles. The van der Waals surface area contributed by atoms with E-state index in [1.165, 1.54) is 5.56 Å². The van der Waals surface area contributed by atoms with Crippen molar-refractivity contribution in [3.8, 4) is 0 Å². The van der Waals surface area contributed by atoms with E-state index in [2.05, 4.69) is 23.5 Å². The van der Waals surface area contributed by atoms with Gasteiger partial charge in [0.25, 0.3) is 0 Å². The van der Waals surface area contributed by atoms with Crippen LogP contribution in [0.3, 0.4) is 0 Å². The summed E-state index contributed by atoms with van der Waals surface area (Å²) in [5.74, 6) is 0.252. The van der Waals surface area contributed by atoms with Crippen LogP contribution in [0.5, 0.6) is 0 Å². The summed E-state index contributed by atoms with van der Waals surface area (Å²) in [6.45, 7) is 1.93. The van der Waals surface area contributed by atoms with E-state index in [1.807, 2.05) is 41.3 Å². The van der Waals surface area contributed by atoms with Crippen LogP contribution in [0.2, 0.25) is 0 Å². The Labute approximate surface area is 177 Å². The molecule has 0 unspecified atom stereocenters. The highest BCUT2D eigenvalue weighted by molar-refractivity contribution is 6.07. The van der Waals surface area contributed by atoms with Gasteiger partial charge < -0.3 is 15.0 Å². The highest BCUT2D eigenvalue weighted by atomic mass is 16.5. The molecule has 0 bridgehead atoms. The first-order valence-corrected chi connectivity index (χ1v) is 11.0. The maximum Gasteiger partial charge on any atom is 0.237 e. The minimum Gasteiger partial charge on any atom is -0.381 e. The highest BCUT2D eigenvalue weighted by Crippen LogP contribution is 2.49. The van der Waals surface area contributed by atoms with E-state index in [1.54, 1.807) is 0 Å². The Balaban J connectivity index is 1.49. The highest BCUT2D eigenvalue weighted by Gasteiger charge is 2.58. The van der Waals surface area contributed by atoms with Crippen molar-refractivity contribution < 1.29 is 14.3 Å². The largest absolute Gasteiger partial charge is 0.381 e. The molecule has 2 saturated heterocycles. The number of fused-ring (bicyclic) bond motifs is 2. The van der Waals surface area contributed by atoms with E-state index < -0.39 is 5.41 Å². The fourth-order valence-electron chi connectivity index (χ4n) is 5.59. The maximum absolute atomic E-state index is 13.5. The third-order valence-corrected chi connectivity index (χ3v) is 7.16. The number of carbonyl (C=O) groups excluding carboxylic acids is 2. The van der Waals surface area contributed by atoms with Crippen LogP contribution in [0.4, 0.5) is 5.69 Å². The lowest BCUT2D eigenvalue weighted by Crippen LogP contribution is -2.50. The van der Waals surface area contributed by atoms with Gasteiger partial charge in [0, 0.05) is 31.4 Å². The van der Waals surface area contributed by atoms with Gasteiger partial charge in [0.05, 0.1) is 11.5 Å². The first-order chi connectivity index (χ1) is 14.7. The Bertz CT molecular complexity index is 938. The number of carbonyl (C=O) groups is 2. The number of ether oxygens (including phenoxy) is 1. The molecule has 3 aliphatic heterocycles. The van der Waals surface area contributed by atoms with E-state index in [4.69, 9.17) is 4.74 Å². The van der Waals surface area contributed by atoms with Gasteiger partial charge >= 0.3 is 0 Å². The summed E-state index contributed by atoms with van der Waals surface area (Å²) in [7, 11) is 0. The average Bonchev–Trinajstić information content (AvgIpc) is 3.32. The van der Waals surface area contributed by atoms with Gasteiger partial charge in [0.1, 0.15) is 0 Å². The number of nitrogens with zero attached hydrogens (tertiary/aromatic N) is 1. The van der Waals surface area contributed by atoms with Crippen molar-refractivity contribution in [2.45, 2.75) is 43.6 Å². The number of nitrogens with one attached hydrogen (secondary N) is 1. The van der Waals surface area contributed by atoms with E-state index in [0.717, 1.165) is 36.9 Å². The van der Waals surface area contributed by atoms with Crippen LogP contribution in [0.25, 0.3) is 0 Å². The van der Waals surface area contributed by atoms with Crippen LogP contribution in [-0.4, -0.2) is 42.5 Å². The Morgan fingerprint density at radius 2 is 1.80 bits per heavy atom. The lowest BCUT2D eigenvalue weighted by atomic mass is 9.73. The van der Waals surface area contributed by atoms with Crippen LogP contribution in [0, 0.1) is 5.92 Å². The Morgan fingerprint density at radius 1 is 1.07 bits per heavy atom. The molecular formula is C25H28N2O3. The molecule has 5 nitrogen and oxygen atoms in total. The topological polar surface area (TPSA) is 58.6 Å². The number of para-hydroxylation sites is 1. The number of amides is 2. The van der Waals surface area contributed by atoms with Crippen molar-refractivity contribution in [3.63, 3.8) is 0 Å². The lowest BCUT2D eigenvalue weighted by Gasteiger charge is -2.36. The van der Waals surface area contributed by atoms with Gasteiger partial charge in [0.2, 0.25) is 11.8 Å². The van der Waals surface area contributed by atoms with Gasteiger partial charge in [0.15, 0.2) is 0 Å². The molecule has 2 aromatic rings. The summed E-state index contributed by atoms with van der Waals surface area (Å²) < 4.78 is 5.47. The molecule has 0 aliphatic carbocycles. The van der Waals surface area contributed by atoms with Gasteiger partial charge in [-0.1, -0.05) is 48.5 Å². The second kappa shape index (κ2) is 7.88. The molecule has 30 heavy (non-hydrogen) atoms. The second-order valence-electron chi connectivity index (χ2n) is 8.68. The lowest BCUT2D eigenvalue weighted by molar-refractivity contribution is -0.140. The molecule has 2 aromatic carbocycles. The minimum absolute atomic E-state index is 0.00725. The normalized spacial score (nSPS) is 26.1. The third-order valence-electron chi connectivity index (χ3n) is 7.16. The molecule has 2 amide bonds. The van der Waals surface area contributed by atoms with Crippen LogP contribution >= 0.6 is 0 Å². The van der Waals surface area contributed by atoms with Crippen molar-refractivity contribution in [2.75, 3.05) is 25.1 Å². The summed E-state index contributed by atoms with van der Waals surface area (Å²) in [6, 6.07) is 18.2. The van der Waals surface area contributed by atoms with E-state index >= 15 is 0 Å². The molecular weight excluding hydrogens is 376 g/mol. The molecule has 0 radical (unpaired) electrons. The smallest absolute Gasteiger partial charge is 0.237 e. The van der Waals surface area contributed by atoms with Crippen molar-refractivity contribution >= 4 is 17.5 Å². The summed E-state index contributed by atoms with van der Waals surface area (Å²) in [6.07, 6.45) is 3.86. The Morgan fingerprint density at radius 3 is 2.60 bits per heavy atom. The molecule has 1 N–H and O–H groups in total. The summed E-state index contributed by atoms with van der Waals surface area (Å²) in [5.41, 5.74) is 2.54. The van der Waals surface area contributed by atoms with Gasteiger partial charge in [-0.3, -0.25) is 9.59 Å². The van der Waals surface area contributed by atoms with Crippen molar-refractivity contribution in [1.29, 1.82) is 0 Å². The van der Waals surface area contributed by atoms with Crippen LogP contribution in [-0.2, 0) is 26.2 Å². The Kier molecular flexibility index (Phi) is 5.07. The number of rotatable bonds is 4. The van der Waals surface area contributed by atoms with Crippen LogP contribution in [0.15, 0.2) is 54.6 Å². The van der Waals surface area contributed by atoms with Gasteiger partial charge in [-0.05, 0) is 49.3 Å². The minimum atomic E-state index is -0.647. The molecule has 5 rings (SSSR count). The first-order valence-electron chi connectivity index (χ1n) is 11.0. The summed E-state index contributed by atoms with van der Waals surface area (Å²) in [5, 5.41) is 3.10. The van der Waals surface area contributed by atoms with Crippen molar-refractivity contribution in [1.82, 2.24) is 4.90 Å². The molecule has 2 fully saturated rings. The number of aryl methyl sites for hydroxylation is 1. The molecule has 0 saturated carbocycles. The summed E-state index contributed by atoms with van der Waals surface area (Å²) in [4.78, 5) is 28.9. The predicted octanol–water partition coefficient (Wildman–Crippen LogP) is 3.54. The number of hydrogen-bond acceptors (Lipinski definition) is 3. The Hall–Kier alpha value is -2.66. The standard InChI is InChI=1S/C25H28N2O3/c28-23(19-12-16-30-17-13-19)27-15-14-25(20-8-4-5-9-21(20)26-24(25)29)22(27)11-10-18-6-2-1-3-7-18/h1-9,19,22H,10-17H2,(H,26,29)/t22-,25+/m0/s1. The SMILES string of the molecule is O=C(C1CCOCC1)N1CC[C@]2(C(=O)Nc3ccccc32)[C@@H]1CCc1ccccc1. The maximum atomic E-state index is 13.5. The zero-order valence-electron chi connectivity index (χ0n) is 17.2. The molecule has 3 aliphatic rings. The van der Waals surface area contributed by atoms with Crippen LogP contribution < -0.4 is 5.32 Å². The number of hydrogen-bond donors (Lipinski definition) is 1. The number of benzene rings is 2. The fraction of sp³-hybridized carbons (Fsp3) is 0.440.